The molecule has 0 spiro atoms. The molecule has 3 aromatic rings. The van der Waals surface area contributed by atoms with Crippen molar-refractivity contribution in [3.63, 3.8) is 0 Å². The molecule has 1 aromatic carbocycles. The van der Waals surface area contributed by atoms with Gasteiger partial charge < -0.3 is 5.32 Å². The van der Waals surface area contributed by atoms with Crippen LogP contribution in [0.5, 0.6) is 0 Å². The molecule has 10 heteroatoms. The van der Waals surface area contributed by atoms with E-state index in [2.05, 4.69) is 30.9 Å². The van der Waals surface area contributed by atoms with Crippen molar-refractivity contribution in [1.29, 1.82) is 0 Å². The fraction of sp³-hybridized carbons (Fsp3) is 0. The van der Waals surface area contributed by atoms with E-state index >= 15 is 0 Å². The molecule has 0 aliphatic carbocycles. The fourth-order valence-corrected chi connectivity index (χ4v) is 2.02. The molecule has 0 fully saturated rings. The number of nitrogens with two attached hydrogens (primary N) is 1. The first kappa shape index (κ1) is 13.5. The summed E-state index contributed by atoms with van der Waals surface area (Å²) in [5.74, 6) is 3.95. The van der Waals surface area contributed by atoms with Gasteiger partial charge in [0, 0.05) is 6.07 Å². The van der Waals surface area contributed by atoms with Crippen molar-refractivity contribution in [1.82, 2.24) is 20.2 Å². The molecule has 0 saturated carbocycles. The number of nitrogens with zero attached hydrogens (tertiary/aromatic N) is 3. The third-order valence-electron chi connectivity index (χ3n) is 2.69. The molecule has 0 bridgehead atoms. The summed E-state index contributed by atoms with van der Waals surface area (Å²) < 4.78 is 26.9. The second kappa shape index (κ2) is 5.11. The number of H-pyrrole nitrogens is 1. The van der Waals surface area contributed by atoms with Gasteiger partial charge in [-0.05, 0) is 6.07 Å². The van der Waals surface area contributed by atoms with Crippen LogP contribution in [-0.4, -0.2) is 20.2 Å². The molecule has 0 unspecified atom stereocenters. The molecule has 0 aliphatic heterocycles. The van der Waals surface area contributed by atoms with Gasteiger partial charge in [0.05, 0.1) is 22.3 Å². The van der Waals surface area contributed by atoms with Crippen LogP contribution in [0.2, 0.25) is 5.02 Å². The second-order valence-corrected chi connectivity index (χ2v) is 4.45. The van der Waals surface area contributed by atoms with E-state index in [1.165, 1.54) is 6.20 Å². The van der Waals surface area contributed by atoms with Gasteiger partial charge in [-0.2, -0.15) is 15.1 Å². The topological polar surface area (TPSA) is 105 Å². The van der Waals surface area contributed by atoms with Gasteiger partial charge in [-0.25, -0.2) is 14.6 Å². The Morgan fingerprint density at radius 2 is 2.05 bits per heavy atom. The first-order valence-corrected chi connectivity index (χ1v) is 6.05. The van der Waals surface area contributed by atoms with Gasteiger partial charge in [0.2, 0.25) is 5.95 Å². The minimum absolute atomic E-state index is 0.0906. The number of hydrogen-bond donors (Lipinski definition) is 4. The Morgan fingerprint density at radius 3 is 2.76 bits per heavy atom. The Kier molecular flexibility index (Phi) is 3.28. The van der Waals surface area contributed by atoms with Crippen LogP contribution < -0.4 is 16.6 Å². The number of nitrogen functional groups attached to an aromatic ring is 1. The standard InChI is InChI=1S/C11H8ClF2N7/c12-6-1-4(13)2-7(14)8(6)17-9-5-3-16-21-10(5)19-11(18-9)20-15/h1-3H,15H2,(H3,16,17,18,19,20,21). The number of hydrazine groups is 1. The summed E-state index contributed by atoms with van der Waals surface area (Å²) in [5, 5.41) is 9.52. The predicted octanol–water partition coefficient (Wildman–Crippen LogP) is 2.31. The highest BCUT2D eigenvalue weighted by molar-refractivity contribution is 6.33. The zero-order chi connectivity index (χ0) is 15.0. The molecular weight excluding hydrogens is 304 g/mol. The largest absolute Gasteiger partial charge is 0.336 e. The third-order valence-corrected chi connectivity index (χ3v) is 2.99. The van der Waals surface area contributed by atoms with Crippen LogP contribution in [0.15, 0.2) is 18.3 Å². The lowest BCUT2D eigenvalue weighted by molar-refractivity contribution is 0.586. The maximum Gasteiger partial charge on any atom is 0.241 e. The smallest absolute Gasteiger partial charge is 0.241 e. The fourth-order valence-electron chi connectivity index (χ4n) is 1.77. The molecule has 3 rings (SSSR count). The lowest BCUT2D eigenvalue weighted by Gasteiger charge is -2.10. The first-order chi connectivity index (χ1) is 10.1. The number of anilines is 3. The number of nitrogens with one attached hydrogen (secondary N) is 3. The average Bonchev–Trinajstić information content (AvgIpc) is 2.90. The Hall–Kier alpha value is -2.52. The summed E-state index contributed by atoms with van der Waals surface area (Å²) in [5.41, 5.74) is 2.56. The Labute approximate surface area is 121 Å². The molecule has 108 valence electrons. The molecule has 5 N–H and O–H groups in total. The van der Waals surface area contributed by atoms with Crippen molar-refractivity contribution < 1.29 is 8.78 Å². The summed E-state index contributed by atoms with van der Waals surface area (Å²) in [4.78, 5) is 8.08. The van der Waals surface area contributed by atoms with Gasteiger partial charge in [-0.1, -0.05) is 11.6 Å². The highest BCUT2D eigenvalue weighted by Crippen LogP contribution is 2.31. The molecule has 0 atom stereocenters. The van der Waals surface area contributed by atoms with Crippen LogP contribution in [0.4, 0.5) is 26.2 Å². The van der Waals surface area contributed by atoms with Crippen molar-refractivity contribution in [2.75, 3.05) is 10.7 Å². The van der Waals surface area contributed by atoms with Crippen LogP contribution in [-0.2, 0) is 0 Å². The van der Waals surface area contributed by atoms with Crippen molar-refractivity contribution in [2.45, 2.75) is 0 Å². The predicted molar refractivity (Wildman–Crippen MR) is 74.1 cm³/mol. The highest BCUT2D eigenvalue weighted by atomic mass is 35.5. The van der Waals surface area contributed by atoms with Crippen molar-refractivity contribution in [3.05, 3.63) is 35.0 Å². The SMILES string of the molecule is NNc1nc(Nc2c(F)cc(F)cc2Cl)c2cn[nH]c2n1. The summed E-state index contributed by atoms with van der Waals surface area (Å²) in [7, 11) is 0. The average molecular weight is 312 g/mol. The van der Waals surface area contributed by atoms with E-state index in [-0.39, 0.29) is 22.5 Å². The number of fused-ring (bicyclic) bond motifs is 1. The van der Waals surface area contributed by atoms with E-state index in [1.807, 2.05) is 0 Å². The molecular formula is C11H8ClF2N7. The van der Waals surface area contributed by atoms with E-state index in [0.717, 1.165) is 6.07 Å². The lowest BCUT2D eigenvalue weighted by Crippen LogP contribution is -2.11. The van der Waals surface area contributed by atoms with Crippen LogP contribution in [0.1, 0.15) is 0 Å². The number of rotatable bonds is 3. The number of aromatic nitrogens is 4. The molecule has 2 heterocycles. The minimum atomic E-state index is -0.850. The first-order valence-electron chi connectivity index (χ1n) is 5.68. The molecule has 0 amide bonds. The lowest BCUT2D eigenvalue weighted by atomic mass is 10.3. The zero-order valence-electron chi connectivity index (χ0n) is 10.3. The van der Waals surface area contributed by atoms with Gasteiger partial charge in [-0.15, -0.1) is 0 Å². The van der Waals surface area contributed by atoms with Crippen molar-refractivity contribution >= 4 is 40.1 Å². The van der Waals surface area contributed by atoms with Gasteiger partial charge in [0.25, 0.3) is 0 Å². The van der Waals surface area contributed by atoms with Gasteiger partial charge in [-0.3, -0.25) is 10.5 Å². The quantitative estimate of drug-likeness (QED) is 0.437. The maximum absolute atomic E-state index is 13.8. The Balaban J connectivity index is 2.11. The molecule has 21 heavy (non-hydrogen) atoms. The van der Waals surface area contributed by atoms with Crippen LogP contribution in [0.3, 0.4) is 0 Å². The number of benzene rings is 1. The second-order valence-electron chi connectivity index (χ2n) is 4.04. The van der Waals surface area contributed by atoms with E-state index in [9.17, 15) is 8.78 Å². The normalized spacial score (nSPS) is 10.9. The number of halogens is 3. The highest BCUT2D eigenvalue weighted by Gasteiger charge is 2.14. The van der Waals surface area contributed by atoms with Crippen LogP contribution in [0, 0.1) is 11.6 Å². The van der Waals surface area contributed by atoms with Gasteiger partial charge in [0.1, 0.15) is 11.6 Å². The van der Waals surface area contributed by atoms with Gasteiger partial charge >= 0.3 is 0 Å². The van der Waals surface area contributed by atoms with Crippen LogP contribution in [0.25, 0.3) is 11.0 Å². The van der Waals surface area contributed by atoms with E-state index < -0.39 is 11.6 Å². The minimum Gasteiger partial charge on any atom is -0.336 e. The van der Waals surface area contributed by atoms with E-state index in [4.69, 9.17) is 17.4 Å². The molecule has 0 aliphatic rings. The van der Waals surface area contributed by atoms with E-state index in [0.29, 0.717) is 17.1 Å². The monoisotopic (exact) mass is 311 g/mol. The molecule has 2 aromatic heterocycles. The summed E-state index contributed by atoms with van der Waals surface area (Å²) >= 11 is 5.83. The molecule has 7 nitrogen and oxygen atoms in total. The van der Waals surface area contributed by atoms with E-state index in [1.54, 1.807) is 0 Å². The van der Waals surface area contributed by atoms with Gasteiger partial charge in [0.15, 0.2) is 11.5 Å². The Morgan fingerprint density at radius 1 is 1.24 bits per heavy atom. The molecule has 0 saturated heterocycles. The molecule has 0 radical (unpaired) electrons. The Bertz CT molecular complexity index is 796. The van der Waals surface area contributed by atoms with Crippen molar-refractivity contribution in [3.8, 4) is 0 Å². The van der Waals surface area contributed by atoms with Crippen LogP contribution >= 0.6 is 11.6 Å². The maximum atomic E-state index is 13.8. The zero-order valence-corrected chi connectivity index (χ0v) is 11.0. The number of aromatic amines is 1. The summed E-state index contributed by atoms with van der Waals surface area (Å²) in [6.07, 6.45) is 1.45. The summed E-state index contributed by atoms with van der Waals surface area (Å²) in [6, 6.07) is 1.70. The third kappa shape index (κ3) is 2.43. The summed E-state index contributed by atoms with van der Waals surface area (Å²) in [6.45, 7) is 0. The van der Waals surface area contributed by atoms with Crippen molar-refractivity contribution in [2.24, 2.45) is 5.84 Å². The number of hydrogen-bond acceptors (Lipinski definition) is 6.